The molecule has 0 amide bonds. The number of nitrogens with one attached hydrogen (secondary N) is 3. The molecule has 0 unspecified atom stereocenters. The number of hydrogen-bond acceptors (Lipinski definition) is 6. The Kier molecular flexibility index (Phi) is 5.49. The second-order valence-corrected chi connectivity index (χ2v) is 8.05. The Balaban J connectivity index is 1.79. The SMILES string of the molecule is Cc1[nH]c(=O)[nH]c(=O)c1S(=O)(=O)N[C@@H](C)c1ccc(N2CCOCC2)cc1. The molecule has 1 aromatic carbocycles. The predicted molar refractivity (Wildman–Crippen MR) is 101 cm³/mol. The minimum atomic E-state index is -4.11. The number of anilines is 1. The summed E-state index contributed by atoms with van der Waals surface area (Å²) in [4.78, 5) is 29.1. The van der Waals surface area contributed by atoms with Gasteiger partial charge in [-0.25, -0.2) is 17.9 Å². The average molecular weight is 394 g/mol. The van der Waals surface area contributed by atoms with Gasteiger partial charge < -0.3 is 14.6 Å². The quantitative estimate of drug-likeness (QED) is 0.668. The maximum atomic E-state index is 12.6. The van der Waals surface area contributed by atoms with Crippen LogP contribution in [-0.2, 0) is 14.8 Å². The minimum Gasteiger partial charge on any atom is -0.378 e. The van der Waals surface area contributed by atoms with Crippen LogP contribution in [0.4, 0.5) is 5.69 Å². The summed E-state index contributed by atoms with van der Waals surface area (Å²) in [6, 6.07) is 7.01. The van der Waals surface area contributed by atoms with Gasteiger partial charge in [0.25, 0.3) is 5.56 Å². The van der Waals surface area contributed by atoms with Gasteiger partial charge in [-0.1, -0.05) is 12.1 Å². The van der Waals surface area contributed by atoms with Crippen molar-refractivity contribution in [1.29, 1.82) is 0 Å². The smallest absolute Gasteiger partial charge is 0.325 e. The maximum absolute atomic E-state index is 12.6. The predicted octanol–water partition coefficient (Wildman–Crippen LogP) is 0.248. The lowest BCUT2D eigenvalue weighted by molar-refractivity contribution is 0.122. The van der Waals surface area contributed by atoms with E-state index in [0.29, 0.717) is 13.2 Å². The number of sulfonamides is 1. The first-order chi connectivity index (χ1) is 12.8. The molecule has 0 bridgehead atoms. The van der Waals surface area contributed by atoms with E-state index in [0.717, 1.165) is 24.3 Å². The zero-order valence-electron chi connectivity index (χ0n) is 15.1. The van der Waals surface area contributed by atoms with Crippen molar-refractivity contribution in [2.75, 3.05) is 31.2 Å². The Morgan fingerprint density at radius 1 is 1.11 bits per heavy atom. The third-order valence-corrected chi connectivity index (χ3v) is 6.14. The molecule has 27 heavy (non-hydrogen) atoms. The molecule has 3 N–H and O–H groups in total. The highest BCUT2D eigenvalue weighted by Crippen LogP contribution is 2.21. The molecular formula is C17H22N4O5S. The molecule has 0 saturated carbocycles. The fourth-order valence-corrected chi connectivity index (χ4v) is 4.54. The van der Waals surface area contributed by atoms with Gasteiger partial charge in [0.2, 0.25) is 10.0 Å². The Labute approximate surface area is 156 Å². The Bertz CT molecular complexity index is 1020. The number of hydrogen-bond donors (Lipinski definition) is 3. The third-order valence-electron chi connectivity index (χ3n) is 4.44. The number of H-pyrrole nitrogens is 2. The first-order valence-corrected chi connectivity index (χ1v) is 10.0. The van der Waals surface area contributed by atoms with E-state index in [1.165, 1.54) is 6.92 Å². The number of ether oxygens (including phenoxy) is 1. The second-order valence-electron chi connectivity index (χ2n) is 6.40. The van der Waals surface area contributed by atoms with Crippen LogP contribution in [0.2, 0.25) is 0 Å². The van der Waals surface area contributed by atoms with Crippen molar-refractivity contribution in [1.82, 2.24) is 14.7 Å². The van der Waals surface area contributed by atoms with Crippen LogP contribution in [-0.4, -0.2) is 44.7 Å². The molecule has 0 spiro atoms. The highest BCUT2D eigenvalue weighted by molar-refractivity contribution is 7.89. The Morgan fingerprint density at radius 2 is 1.74 bits per heavy atom. The van der Waals surface area contributed by atoms with E-state index in [1.54, 1.807) is 6.92 Å². The van der Waals surface area contributed by atoms with Crippen molar-refractivity contribution < 1.29 is 13.2 Å². The van der Waals surface area contributed by atoms with Gasteiger partial charge in [-0.15, -0.1) is 0 Å². The van der Waals surface area contributed by atoms with Crippen LogP contribution in [0, 0.1) is 6.92 Å². The molecule has 1 saturated heterocycles. The summed E-state index contributed by atoms with van der Waals surface area (Å²) in [5.74, 6) is 0. The van der Waals surface area contributed by atoms with Crippen molar-refractivity contribution in [2.45, 2.75) is 24.8 Å². The van der Waals surface area contributed by atoms with Gasteiger partial charge in [-0.2, -0.15) is 0 Å². The van der Waals surface area contributed by atoms with E-state index in [4.69, 9.17) is 4.74 Å². The molecule has 1 aliphatic heterocycles. The van der Waals surface area contributed by atoms with Gasteiger partial charge in [0.15, 0.2) is 4.90 Å². The summed E-state index contributed by atoms with van der Waals surface area (Å²) in [5, 5.41) is 0. The first kappa shape index (κ1) is 19.3. The number of benzene rings is 1. The van der Waals surface area contributed by atoms with Crippen LogP contribution in [0.1, 0.15) is 24.2 Å². The Morgan fingerprint density at radius 3 is 2.33 bits per heavy atom. The van der Waals surface area contributed by atoms with Gasteiger partial charge in [0.05, 0.1) is 13.2 Å². The Hall–Kier alpha value is -2.43. The lowest BCUT2D eigenvalue weighted by atomic mass is 10.1. The molecule has 1 aliphatic rings. The minimum absolute atomic E-state index is 0.00823. The molecular weight excluding hydrogens is 372 g/mol. The van der Waals surface area contributed by atoms with Crippen molar-refractivity contribution in [3.05, 3.63) is 56.4 Å². The van der Waals surface area contributed by atoms with E-state index < -0.39 is 32.2 Å². The molecule has 146 valence electrons. The van der Waals surface area contributed by atoms with Crippen molar-refractivity contribution in [3.8, 4) is 0 Å². The van der Waals surface area contributed by atoms with Crippen molar-refractivity contribution in [3.63, 3.8) is 0 Å². The van der Waals surface area contributed by atoms with Crippen LogP contribution in [0.5, 0.6) is 0 Å². The van der Waals surface area contributed by atoms with Crippen LogP contribution < -0.4 is 20.9 Å². The molecule has 1 aromatic heterocycles. The highest BCUT2D eigenvalue weighted by atomic mass is 32.2. The van der Waals surface area contributed by atoms with E-state index >= 15 is 0 Å². The monoisotopic (exact) mass is 394 g/mol. The fourth-order valence-electron chi connectivity index (χ4n) is 3.07. The number of rotatable bonds is 5. The van der Waals surface area contributed by atoms with Gasteiger partial charge in [0, 0.05) is 30.5 Å². The number of morpholine rings is 1. The molecule has 3 rings (SSSR count). The largest absolute Gasteiger partial charge is 0.378 e. The molecule has 1 atom stereocenters. The molecule has 9 nitrogen and oxygen atoms in total. The maximum Gasteiger partial charge on any atom is 0.325 e. The fraction of sp³-hybridized carbons (Fsp3) is 0.412. The summed E-state index contributed by atoms with van der Waals surface area (Å²) in [6.07, 6.45) is 0. The number of nitrogens with zero attached hydrogens (tertiary/aromatic N) is 1. The molecule has 2 aromatic rings. The summed E-state index contributed by atoms with van der Waals surface area (Å²) >= 11 is 0. The summed E-state index contributed by atoms with van der Waals surface area (Å²) in [5.41, 5.74) is 0.104. The van der Waals surface area contributed by atoms with E-state index in [2.05, 4.69) is 14.6 Å². The van der Waals surface area contributed by atoms with Crippen LogP contribution in [0.15, 0.2) is 38.8 Å². The topological polar surface area (TPSA) is 124 Å². The summed E-state index contributed by atoms with van der Waals surface area (Å²) in [6.45, 7) is 6.06. The van der Waals surface area contributed by atoms with Gasteiger partial charge >= 0.3 is 5.69 Å². The third kappa shape index (κ3) is 4.29. The molecule has 1 fully saturated rings. The van der Waals surface area contributed by atoms with Gasteiger partial charge in [-0.3, -0.25) is 9.78 Å². The van der Waals surface area contributed by atoms with Crippen LogP contribution >= 0.6 is 0 Å². The highest BCUT2D eigenvalue weighted by Gasteiger charge is 2.24. The van der Waals surface area contributed by atoms with Crippen LogP contribution in [0.3, 0.4) is 0 Å². The normalized spacial score (nSPS) is 16.3. The van der Waals surface area contributed by atoms with E-state index in [1.807, 2.05) is 29.2 Å². The van der Waals surface area contributed by atoms with Crippen molar-refractivity contribution >= 4 is 15.7 Å². The van der Waals surface area contributed by atoms with Gasteiger partial charge in [-0.05, 0) is 31.5 Å². The summed E-state index contributed by atoms with van der Waals surface area (Å²) < 4.78 is 33.0. The number of aromatic nitrogens is 2. The van der Waals surface area contributed by atoms with E-state index in [-0.39, 0.29) is 5.69 Å². The zero-order chi connectivity index (χ0) is 19.6. The van der Waals surface area contributed by atoms with Crippen LogP contribution in [0.25, 0.3) is 0 Å². The van der Waals surface area contributed by atoms with Crippen molar-refractivity contribution in [2.24, 2.45) is 0 Å². The van der Waals surface area contributed by atoms with E-state index in [9.17, 15) is 18.0 Å². The summed E-state index contributed by atoms with van der Waals surface area (Å²) in [7, 11) is -4.11. The number of aryl methyl sites for hydroxylation is 1. The molecule has 0 radical (unpaired) electrons. The molecule has 10 heteroatoms. The lowest BCUT2D eigenvalue weighted by Gasteiger charge is -2.29. The average Bonchev–Trinajstić information content (AvgIpc) is 2.61. The zero-order valence-corrected chi connectivity index (χ0v) is 15.9. The standard InChI is InChI=1S/C17H22N4O5S/c1-11(13-3-5-14(6-4-13)21-7-9-26-10-8-21)20-27(24,25)15-12(2)18-17(23)19-16(15)22/h3-6,11,20H,7-10H2,1-2H3,(H2,18,19,22,23)/t11-/m0/s1. The lowest BCUT2D eigenvalue weighted by Crippen LogP contribution is -2.36. The van der Waals surface area contributed by atoms with Gasteiger partial charge in [0.1, 0.15) is 0 Å². The molecule has 2 heterocycles. The second kappa shape index (κ2) is 7.67. The first-order valence-electron chi connectivity index (χ1n) is 8.56. The molecule has 0 aliphatic carbocycles. The number of aromatic amines is 2.